The average molecular weight is 481 g/mol. The maximum Gasteiger partial charge on any atom is 0.408 e. The molecule has 2 aromatic carbocycles. The number of esters is 1. The Labute approximate surface area is 202 Å². The van der Waals surface area contributed by atoms with Gasteiger partial charge in [0.2, 0.25) is 0 Å². The predicted molar refractivity (Wildman–Crippen MR) is 132 cm³/mol. The molecule has 10 heteroatoms. The summed E-state index contributed by atoms with van der Waals surface area (Å²) in [4.78, 5) is 39.8. The predicted octanol–water partition coefficient (Wildman–Crippen LogP) is 5.08. The lowest BCUT2D eigenvalue weighted by Crippen LogP contribution is -2.50. The Kier molecular flexibility index (Phi) is 7.23. The Hall–Kier alpha value is -4.21. The van der Waals surface area contributed by atoms with Gasteiger partial charge in [-0.3, -0.25) is 10.1 Å². The van der Waals surface area contributed by atoms with Gasteiger partial charge in [0.05, 0.1) is 21.5 Å². The van der Waals surface area contributed by atoms with Crippen molar-refractivity contribution in [2.45, 2.75) is 45.8 Å². The maximum absolute atomic E-state index is 12.4. The number of aromatic nitrogens is 1. The lowest BCUT2D eigenvalue weighted by atomic mass is 10.1. The van der Waals surface area contributed by atoms with Crippen LogP contribution in [0.15, 0.2) is 54.7 Å². The van der Waals surface area contributed by atoms with E-state index in [9.17, 15) is 19.7 Å². The van der Waals surface area contributed by atoms with Crippen molar-refractivity contribution < 1.29 is 24.0 Å². The van der Waals surface area contributed by atoms with Gasteiger partial charge in [-0.1, -0.05) is 18.2 Å². The molecule has 0 unspecified atom stereocenters. The first kappa shape index (κ1) is 25.4. The molecule has 0 aliphatic heterocycles. The van der Waals surface area contributed by atoms with Crippen LogP contribution in [-0.4, -0.2) is 39.7 Å². The molecule has 0 saturated heterocycles. The number of carbonyl (C=O) groups excluding carboxylic acids is 2. The number of carbonyl (C=O) groups is 2. The van der Waals surface area contributed by atoms with Crippen LogP contribution in [0.5, 0.6) is 5.75 Å². The van der Waals surface area contributed by atoms with E-state index in [1.165, 1.54) is 6.07 Å². The van der Waals surface area contributed by atoms with Gasteiger partial charge in [0.15, 0.2) is 0 Å². The third-order valence-corrected chi connectivity index (χ3v) is 4.78. The van der Waals surface area contributed by atoms with E-state index in [2.05, 4.69) is 15.6 Å². The molecule has 10 nitrogen and oxygen atoms in total. The van der Waals surface area contributed by atoms with Gasteiger partial charge in [-0.25, -0.2) is 14.6 Å². The molecule has 1 amide bonds. The van der Waals surface area contributed by atoms with E-state index in [0.717, 1.165) is 6.20 Å². The summed E-state index contributed by atoms with van der Waals surface area (Å²) in [5, 5.41) is 18.0. The van der Waals surface area contributed by atoms with Crippen molar-refractivity contribution in [3.8, 4) is 5.75 Å². The number of nitro groups is 1. The number of pyridine rings is 1. The van der Waals surface area contributed by atoms with Crippen LogP contribution in [0, 0.1) is 10.1 Å². The van der Waals surface area contributed by atoms with Gasteiger partial charge in [0.1, 0.15) is 23.2 Å². The quantitative estimate of drug-likeness (QED) is 0.207. The highest BCUT2D eigenvalue weighted by molar-refractivity contribution is 5.97. The van der Waals surface area contributed by atoms with Gasteiger partial charge in [0.25, 0.3) is 0 Å². The molecule has 0 aliphatic carbocycles. The third kappa shape index (κ3) is 6.89. The van der Waals surface area contributed by atoms with Crippen LogP contribution in [0.4, 0.5) is 16.2 Å². The molecular weight excluding hydrogens is 452 g/mol. The molecule has 0 fully saturated rings. The van der Waals surface area contributed by atoms with E-state index in [1.54, 1.807) is 77.1 Å². The first-order chi connectivity index (χ1) is 16.3. The summed E-state index contributed by atoms with van der Waals surface area (Å²) in [6.07, 6.45) is 0.546. The van der Waals surface area contributed by atoms with Crippen LogP contribution in [0.3, 0.4) is 0 Å². The number of nitrogens with one attached hydrogen (secondary N) is 2. The van der Waals surface area contributed by atoms with Crippen LogP contribution >= 0.6 is 0 Å². The highest BCUT2D eigenvalue weighted by Crippen LogP contribution is 2.33. The van der Waals surface area contributed by atoms with Crippen molar-refractivity contribution in [3.63, 3.8) is 0 Å². The molecule has 0 atom stereocenters. The molecule has 0 bridgehead atoms. The van der Waals surface area contributed by atoms with Crippen LogP contribution in [0.2, 0.25) is 0 Å². The van der Waals surface area contributed by atoms with Gasteiger partial charge in [0, 0.05) is 18.0 Å². The molecule has 1 aromatic heterocycles. The van der Waals surface area contributed by atoms with E-state index in [0.29, 0.717) is 16.5 Å². The van der Waals surface area contributed by atoms with E-state index in [1.807, 2.05) is 0 Å². The Morgan fingerprint density at radius 2 is 1.74 bits per heavy atom. The van der Waals surface area contributed by atoms with Gasteiger partial charge in [-0.05, 0) is 58.9 Å². The number of rotatable bonds is 7. The van der Waals surface area contributed by atoms with E-state index < -0.39 is 28.1 Å². The van der Waals surface area contributed by atoms with Gasteiger partial charge >= 0.3 is 17.7 Å². The van der Waals surface area contributed by atoms with E-state index >= 15 is 0 Å². The monoisotopic (exact) mass is 480 g/mol. The van der Waals surface area contributed by atoms with Crippen LogP contribution in [-0.2, 0) is 4.74 Å². The first-order valence-corrected chi connectivity index (χ1v) is 10.9. The smallest absolute Gasteiger partial charge is 0.408 e. The van der Waals surface area contributed by atoms with Crippen molar-refractivity contribution >= 4 is 34.3 Å². The number of ether oxygens (including phenoxy) is 2. The average Bonchev–Trinajstić information content (AvgIpc) is 2.75. The van der Waals surface area contributed by atoms with Gasteiger partial charge < -0.3 is 20.1 Å². The van der Waals surface area contributed by atoms with Crippen molar-refractivity contribution in [2.75, 3.05) is 11.9 Å². The second kappa shape index (κ2) is 9.96. The van der Waals surface area contributed by atoms with Crippen LogP contribution in [0.25, 0.3) is 10.9 Å². The van der Waals surface area contributed by atoms with Crippen LogP contribution < -0.4 is 15.4 Å². The fraction of sp³-hybridized carbons (Fsp3) is 0.320. The summed E-state index contributed by atoms with van der Waals surface area (Å²) in [5.74, 6) is -0.272. The molecule has 184 valence electrons. The number of anilines is 1. The van der Waals surface area contributed by atoms with Gasteiger partial charge in [-0.2, -0.15) is 0 Å². The van der Waals surface area contributed by atoms with Crippen LogP contribution in [0.1, 0.15) is 45.0 Å². The Morgan fingerprint density at radius 3 is 2.37 bits per heavy atom. The largest absolute Gasteiger partial charge is 0.444 e. The number of amides is 1. The second-order valence-corrected chi connectivity index (χ2v) is 9.57. The summed E-state index contributed by atoms with van der Waals surface area (Å²) >= 11 is 0. The zero-order valence-corrected chi connectivity index (χ0v) is 20.2. The lowest BCUT2D eigenvalue weighted by Gasteiger charge is -2.29. The number of alkyl carbamates (subject to hydrolysis) is 1. The van der Waals surface area contributed by atoms with E-state index in [-0.39, 0.29) is 23.7 Å². The number of hydrogen-bond acceptors (Lipinski definition) is 8. The molecule has 3 rings (SSSR count). The fourth-order valence-corrected chi connectivity index (χ4v) is 3.22. The normalized spacial score (nSPS) is 11.6. The number of nitrogens with zero attached hydrogens (tertiary/aromatic N) is 2. The number of hydrogen-bond donors (Lipinski definition) is 2. The molecule has 1 heterocycles. The molecule has 2 N–H and O–H groups in total. The standard InChI is InChI=1S/C25H28N4O6/c1-24(2,3)35-23(31)28-25(4,5)15-27-21-18-12-11-17(13-19(18)26-14-20(21)29(32)33)34-22(30)16-9-7-6-8-10-16/h6-14H,15H2,1-5H3,(H,26,27)(H,28,31). The molecule has 3 aromatic rings. The Bertz CT molecular complexity index is 1250. The second-order valence-electron chi connectivity index (χ2n) is 9.57. The van der Waals surface area contributed by atoms with E-state index in [4.69, 9.17) is 9.47 Å². The number of benzene rings is 2. The zero-order chi connectivity index (χ0) is 25.8. The molecule has 0 radical (unpaired) electrons. The van der Waals surface area contributed by atoms with Crippen molar-refractivity contribution in [1.82, 2.24) is 10.3 Å². The molecule has 35 heavy (non-hydrogen) atoms. The minimum atomic E-state index is -0.795. The van der Waals surface area contributed by atoms with Gasteiger partial charge in [-0.15, -0.1) is 0 Å². The summed E-state index contributed by atoms with van der Waals surface area (Å²) in [6, 6.07) is 13.2. The first-order valence-electron chi connectivity index (χ1n) is 10.9. The lowest BCUT2D eigenvalue weighted by molar-refractivity contribution is -0.384. The van der Waals surface area contributed by atoms with Crippen molar-refractivity contribution in [2.24, 2.45) is 0 Å². The highest BCUT2D eigenvalue weighted by Gasteiger charge is 2.26. The molecule has 0 spiro atoms. The highest BCUT2D eigenvalue weighted by atomic mass is 16.6. The molecule has 0 aliphatic rings. The topological polar surface area (TPSA) is 133 Å². The summed E-state index contributed by atoms with van der Waals surface area (Å²) < 4.78 is 10.7. The fourth-order valence-electron chi connectivity index (χ4n) is 3.22. The molecular formula is C25H28N4O6. The SMILES string of the molecule is CC(C)(CNc1c([N+](=O)[O-])cnc2cc(OC(=O)c3ccccc3)ccc12)NC(=O)OC(C)(C)C. The number of fused-ring (bicyclic) bond motifs is 1. The minimum absolute atomic E-state index is 0.164. The van der Waals surface area contributed by atoms with Crippen molar-refractivity contribution in [3.05, 3.63) is 70.4 Å². The van der Waals surface area contributed by atoms with Crippen molar-refractivity contribution in [1.29, 1.82) is 0 Å². The zero-order valence-electron chi connectivity index (χ0n) is 20.2. The minimum Gasteiger partial charge on any atom is -0.444 e. The third-order valence-electron chi connectivity index (χ3n) is 4.78. The Morgan fingerprint density at radius 1 is 1.06 bits per heavy atom. The summed E-state index contributed by atoms with van der Waals surface area (Å²) in [6.45, 7) is 8.97. The summed E-state index contributed by atoms with van der Waals surface area (Å²) in [7, 11) is 0. The Balaban J connectivity index is 1.83. The maximum atomic E-state index is 12.4. The molecule has 0 saturated carbocycles. The summed E-state index contributed by atoms with van der Waals surface area (Å²) in [5.41, 5.74) is -0.646.